The molecule has 0 spiro atoms. The molecule has 2 rings (SSSR count). The Morgan fingerprint density at radius 1 is 1.10 bits per heavy atom. The number of rotatable bonds is 3. The largest absolute Gasteiger partial charge is 0.417 e. The maximum Gasteiger partial charge on any atom is 0.417 e. The minimum atomic E-state index is -4.46. The van der Waals surface area contributed by atoms with E-state index in [0.29, 0.717) is 12.1 Å². The van der Waals surface area contributed by atoms with Gasteiger partial charge in [-0.05, 0) is 24.1 Å². The van der Waals surface area contributed by atoms with Crippen LogP contribution in [0.2, 0.25) is 0 Å². The number of hydrogen-bond donors (Lipinski definition) is 1. The zero-order valence-corrected chi connectivity index (χ0v) is 10.5. The number of nitrogens with two attached hydrogens (primary N) is 1. The van der Waals surface area contributed by atoms with Crippen molar-refractivity contribution in [3.63, 3.8) is 0 Å². The molecule has 0 aliphatic carbocycles. The first kappa shape index (κ1) is 14.2. The third-order valence-corrected chi connectivity index (χ3v) is 2.99. The van der Waals surface area contributed by atoms with Crippen molar-refractivity contribution in [3.8, 4) is 0 Å². The van der Waals surface area contributed by atoms with Gasteiger partial charge in [0.15, 0.2) is 0 Å². The van der Waals surface area contributed by atoms with Crippen LogP contribution in [-0.2, 0) is 19.1 Å². The molecule has 0 amide bonds. The highest BCUT2D eigenvalue weighted by Crippen LogP contribution is 2.28. The summed E-state index contributed by atoms with van der Waals surface area (Å²) in [4.78, 5) is 11.6. The minimum Gasteiger partial charge on any atom is -0.399 e. The average molecular weight is 282 g/mol. The SMILES string of the molecule is Nc1ccccc1CCn1cc(C(F)(F)F)ccc1=O. The third kappa shape index (κ3) is 3.20. The average Bonchev–Trinajstić information content (AvgIpc) is 2.38. The molecule has 2 N–H and O–H groups in total. The number of halogens is 3. The summed E-state index contributed by atoms with van der Waals surface area (Å²) >= 11 is 0. The van der Waals surface area contributed by atoms with Crippen LogP contribution in [0.1, 0.15) is 11.1 Å². The molecule has 0 fully saturated rings. The van der Waals surface area contributed by atoms with Gasteiger partial charge in [0.1, 0.15) is 0 Å². The second kappa shape index (κ2) is 5.40. The van der Waals surface area contributed by atoms with Crippen LogP contribution in [0.5, 0.6) is 0 Å². The molecule has 0 saturated heterocycles. The molecule has 20 heavy (non-hydrogen) atoms. The molecular formula is C14H13F3N2O. The summed E-state index contributed by atoms with van der Waals surface area (Å²) in [5.74, 6) is 0. The number of benzene rings is 1. The summed E-state index contributed by atoms with van der Waals surface area (Å²) in [5, 5.41) is 0. The lowest BCUT2D eigenvalue weighted by atomic mass is 10.1. The molecule has 1 aromatic carbocycles. The molecule has 0 aliphatic rings. The Morgan fingerprint density at radius 3 is 2.45 bits per heavy atom. The van der Waals surface area contributed by atoms with Crippen LogP contribution in [0.4, 0.5) is 18.9 Å². The Kier molecular flexibility index (Phi) is 3.83. The lowest BCUT2D eigenvalue weighted by Gasteiger charge is -2.11. The first-order chi connectivity index (χ1) is 9.38. The van der Waals surface area contributed by atoms with Gasteiger partial charge in [-0.1, -0.05) is 18.2 Å². The summed E-state index contributed by atoms with van der Waals surface area (Å²) < 4.78 is 38.8. The van der Waals surface area contributed by atoms with Crippen LogP contribution in [-0.4, -0.2) is 4.57 Å². The highest BCUT2D eigenvalue weighted by Gasteiger charge is 2.30. The van der Waals surface area contributed by atoms with Crippen molar-refractivity contribution in [3.05, 3.63) is 64.1 Å². The van der Waals surface area contributed by atoms with Gasteiger partial charge in [0.2, 0.25) is 0 Å². The molecule has 0 saturated carbocycles. The third-order valence-electron chi connectivity index (χ3n) is 2.99. The van der Waals surface area contributed by atoms with Gasteiger partial charge in [-0.2, -0.15) is 13.2 Å². The van der Waals surface area contributed by atoms with Crippen LogP contribution < -0.4 is 11.3 Å². The summed E-state index contributed by atoms with van der Waals surface area (Å²) in [6, 6.07) is 8.78. The van der Waals surface area contributed by atoms with Crippen LogP contribution in [0.25, 0.3) is 0 Å². The number of aryl methyl sites for hydroxylation is 2. The highest BCUT2D eigenvalue weighted by molar-refractivity contribution is 5.46. The van der Waals surface area contributed by atoms with E-state index in [4.69, 9.17) is 5.73 Å². The zero-order valence-electron chi connectivity index (χ0n) is 10.5. The summed E-state index contributed by atoms with van der Waals surface area (Å²) in [6.07, 6.45) is -3.23. The van der Waals surface area contributed by atoms with E-state index >= 15 is 0 Å². The monoisotopic (exact) mass is 282 g/mol. The fourth-order valence-corrected chi connectivity index (χ4v) is 1.88. The van der Waals surface area contributed by atoms with E-state index in [0.717, 1.165) is 28.5 Å². The number of nitrogen functional groups attached to an aromatic ring is 1. The predicted octanol–water partition coefficient (Wildman–Crippen LogP) is 2.69. The van der Waals surface area contributed by atoms with Crippen molar-refractivity contribution in [1.82, 2.24) is 4.57 Å². The van der Waals surface area contributed by atoms with Gasteiger partial charge in [0, 0.05) is 24.5 Å². The van der Waals surface area contributed by atoms with Gasteiger partial charge in [-0.3, -0.25) is 4.79 Å². The second-order valence-electron chi connectivity index (χ2n) is 4.40. The minimum absolute atomic E-state index is 0.150. The number of aromatic nitrogens is 1. The van der Waals surface area contributed by atoms with Crippen molar-refractivity contribution in [2.75, 3.05) is 5.73 Å². The molecule has 1 heterocycles. The second-order valence-corrected chi connectivity index (χ2v) is 4.40. The molecule has 0 atom stereocenters. The van der Waals surface area contributed by atoms with E-state index in [1.807, 2.05) is 0 Å². The van der Waals surface area contributed by atoms with E-state index in [1.54, 1.807) is 24.3 Å². The van der Waals surface area contributed by atoms with Gasteiger partial charge in [0.05, 0.1) is 5.56 Å². The van der Waals surface area contributed by atoms with Crippen LogP contribution in [0, 0.1) is 0 Å². The zero-order chi connectivity index (χ0) is 14.8. The van der Waals surface area contributed by atoms with Gasteiger partial charge in [0.25, 0.3) is 5.56 Å². The van der Waals surface area contributed by atoms with Gasteiger partial charge in [-0.25, -0.2) is 0 Å². The lowest BCUT2D eigenvalue weighted by Crippen LogP contribution is -2.22. The first-order valence-electron chi connectivity index (χ1n) is 5.99. The lowest BCUT2D eigenvalue weighted by molar-refractivity contribution is -0.138. The topological polar surface area (TPSA) is 48.0 Å². The van der Waals surface area contributed by atoms with Gasteiger partial charge in [-0.15, -0.1) is 0 Å². The van der Waals surface area contributed by atoms with Crippen molar-refractivity contribution in [2.45, 2.75) is 19.1 Å². The number of alkyl halides is 3. The van der Waals surface area contributed by atoms with E-state index in [1.165, 1.54) is 0 Å². The standard InChI is InChI=1S/C14H13F3N2O/c15-14(16,17)11-5-6-13(20)19(9-11)8-7-10-3-1-2-4-12(10)18/h1-6,9H,7-8,18H2. The van der Waals surface area contributed by atoms with Crippen molar-refractivity contribution in [2.24, 2.45) is 0 Å². The summed E-state index contributed by atoms with van der Waals surface area (Å²) in [6.45, 7) is 0.150. The van der Waals surface area contributed by atoms with Crippen LogP contribution in [0.15, 0.2) is 47.4 Å². The fourth-order valence-electron chi connectivity index (χ4n) is 1.88. The first-order valence-corrected chi connectivity index (χ1v) is 5.99. The number of pyridine rings is 1. The normalized spacial score (nSPS) is 11.6. The summed E-state index contributed by atoms with van der Waals surface area (Å²) in [5.41, 5.74) is 5.82. The Hall–Kier alpha value is -2.24. The molecule has 0 unspecified atom stereocenters. The molecule has 0 aliphatic heterocycles. The Morgan fingerprint density at radius 2 is 1.80 bits per heavy atom. The molecular weight excluding hydrogens is 269 g/mol. The predicted molar refractivity (Wildman–Crippen MR) is 70.3 cm³/mol. The number of para-hydroxylation sites is 1. The van der Waals surface area contributed by atoms with E-state index in [-0.39, 0.29) is 6.54 Å². The van der Waals surface area contributed by atoms with Gasteiger partial charge < -0.3 is 10.3 Å². The number of nitrogens with zero attached hydrogens (tertiary/aromatic N) is 1. The summed E-state index contributed by atoms with van der Waals surface area (Å²) in [7, 11) is 0. The molecule has 6 heteroatoms. The van der Waals surface area contributed by atoms with E-state index in [9.17, 15) is 18.0 Å². The Balaban J connectivity index is 2.22. The molecule has 106 valence electrons. The molecule has 1 aromatic heterocycles. The van der Waals surface area contributed by atoms with Crippen LogP contribution in [0.3, 0.4) is 0 Å². The van der Waals surface area contributed by atoms with Gasteiger partial charge >= 0.3 is 6.18 Å². The molecule has 0 radical (unpaired) electrons. The number of hydrogen-bond acceptors (Lipinski definition) is 2. The molecule has 0 bridgehead atoms. The molecule has 2 aromatic rings. The fraction of sp³-hybridized carbons (Fsp3) is 0.214. The highest BCUT2D eigenvalue weighted by atomic mass is 19.4. The van der Waals surface area contributed by atoms with Crippen molar-refractivity contribution in [1.29, 1.82) is 0 Å². The number of anilines is 1. The quantitative estimate of drug-likeness (QED) is 0.880. The Bertz CT molecular complexity index is 662. The maximum atomic E-state index is 12.6. The van der Waals surface area contributed by atoms with E-state index < -0.39 is 17.3 Å². The van der Waals surface area contributed by atoms with E-state index in [2.05, 4.69) is 0 Å². The van der Waals surface area contributed by atoms with Crippen molar-refractivity contribution >= 4 is 5.69 Å². The maximum absolute atomic E-state index is 12.6. The van der Waals surface area contributed by atoms with Crippen LogP contribution >= 0.6 is 0 Å². The Labute approximate surface area is 113 Å². The van der Waals surface area contributed by atoms with Crippen molar-refractivity contribution < 1.29 is 13.2 Å². The molecule has 3 nitrogen and oxygen atoms in total. The smallest absolute Gasteiger partial charge is 0.399 e.